The summed E-state index contributed by atoms with van der Waals surface area (Å²) in [6, 6.07) is 7.47. The molecule has 4 rings (SSSR count). The molecule has 1 fully saturated rings. The number of carbonyl (C=O) groups is 2. The molecule has 0 aliphatic carbocycles. The molecule has 0 saturated carbocycles. The van der Waals surface area contributed by atoms with Gasteiger partial charge in [0.1, 0.15) is 0 Å². The van der Waals surface area contributed by atoms with Gasteiger partial charge >= 0.3 is 12.0 Å². The smallest absolute Gasteiger partial charge is 0.329 e. The quantitative estimate of drug-likeness (QED) is 0.675. The van der Waals surface area contributed by atoms with Gasteiger partial charge in [0.05, 0.1) is 17.3 Å². The first-order chi connectivity index (χ1) is 13.8. The number of amides is 2. The fraction of sp³-hybridized carbons (Fsp3) is 0.318. The van der Waals surface area contributed by atoms with Crippen LogP contribution in [-0.4, -0.2) is 35.1 Å². The first-order valence-corrected chi connectivity index (χ1v) is 9.59. The van der Waals surface area contributed by atoms with E-state index in [0.717, 1.165) is 27.8 Å². The second kappa shape index (κ2) is 6.92. The van der Waals surface area contributed by atoms with Crippen LogP contribution < -0.4 is 14.5 Å². The summed E-state index contributed by atoms with van der Waals surface area (Å²) in [7, 11) is 0. The Labute approximate surface area is 169 Å². The molecular weight excluding hydrogens is 368 g/mol. The minimum absolute atomic E-state index is 0.0933. The van der Waals surface area contributed by atoms with E-state index in [9.17, 15) is 9.59 Å². The molecule has 29 heavy (non-hydrogen) atoms. The van der Waals surface area contributed by atoms with E-state index >= 15 is 0 Å². The SMILES string of the molecule is Cc1ccncc1N1CCN(c2ccc3[nH]cc(OC(=O)C(C)(C)C)c3c2)C1=O. The Morgan fingerprint density at radius 2 is 1.93 bits per heavy atom. The average molecular weight is 392 g/mol. The molecule has 0 unspecified atom stereocenters. The van der Waals surface area contributed by atoms with Crippen molar-refractivity contribution in [2.75, 3.05) is 22.9 Å². The molecule has 0 radical (unpaired) electrons. The fourth-order valence-corrected chi connectivity index (χ4v) is 3.33. The number of hydrogen-bond acceptors (Lipinski definition) is 4. The van der Waals surface area contributed by atoms with E-state index in [1.807, 2.05) is 52.0 Å². The lowest BCUT2D eigenvalue weighted by Gasteiger charge is -2.20. The van der Waals surface area contributed by atoms with E-state index < -0.39 is 5.41 Å². The minimum atomic E-state index is -0.603. The first kappa shape index (κ1) is 19.0. The summed E-state index contributed by atoms with van der Waals surface area (Å²) in [5.74, 6) is 0.160. The molecule has 1 saturated heterocycles. The number of aryl methyl sites for hydroxylation is 1. The van der Waals surface area contributed by atoms with Crippen LogP contribution in [0.25, 0.3) is 10.9 Å². The van der Waals surface area contributed by atoms with Crippen molar-refractivity contribution in [2.45, 2.75) is 27.7 Å². The van der Waals surface area contributed by atoms with Crippen LogP contribution in [0.3, 0.4) is 0 Å². The third-order valence-electron chi connectivity index (χ3n) is 5.07. The van der Waals surface area contributed by atoms with Gasteiger partial charge < -0.3 is 9.72 Å². The highest BCUT2D eigenvalue weighted by Crippen LogP contribution is 2.33. The van der Waals surface area contributed by atoms with Gasteiger partial charge in [-0.3, -0.25) is 19.6 Å². The Balaban J connectivity index is 1.63. The standard InChI is InChI=1S/C22H24N4O3/c1-14-7-8-23-12-18(14)26-10-9-25(21(26)28)15-5-6-17-16(11-15)19(13-24-17)29-20(27)22(2,3)4/h5-8,11-13,24H,9-10H2,1-4H3. The van der Waals surface area contributed by atoms with Gasteiger partial charge in [-0.05, 0) is 57.5 Å². The summed E-state index contributed by atoms with van der Waals surface area (Å²) in [6.45, 7) is 8.56. The third-order valence-corrected chi connectivity index (χ3v) is 5.07. The van der Waals surface area contributed by atoms with Crippen LogP contribution in [0.5, 0.6) is 5.75 Å². The number of aromatic amines is 1. The molecule has 7 nitrogen and oxygen atoms in total. The topological polar surface area (TPSA) is 78.5 Å². The molecule has 1 aliphatic heterocycles. The summed E-state index contributed by atoms with van der Waals surface area (Å²) < 4.78 is 5.59. The molecule has 0 bridgehead atoms. The number of ether oxygens (including phenoxy) is 1. The molecule has 1 aromatic carbocycles. The van der Waals surface area contributed by atoms with E-state index in [-0.39, 0.29) is 12.0 Å². The van der Waals surface area contributed by atoms with Crippen LogP contribution in [-0.2, 0) is 4.79 Å². The number of esters is 1. The maximum Gasteiger partial charge on any atom is 0.329 e. The number of anilines is 2. The summed E-state index contributed by atoms with van der Waals surface area (Å²) in [4.78, 5) is 36.1. The number of nitrogens with one attached hydrogen (secondary N) is 1. The number of nitrogens with zero attached hydrogens (tertiary/aromatic N) is 3. The zero-order valence-corrected chi connectivity index (χ0v) is 17.0. The van der Waals surface area contributed by atoms with Crippen LogP contribution in [0, 0.1) is 12.3 Å². The molecule has 2 amide bonds. The molecule has 2 aromatic heterocycles. The van der Waals surface area contributed by atoms with Crippen molar-refractivity contribution in [3.8, 4) is 5.75 Å². The highest BCUT2D eigenvalue weighted by molar-refractivity contribution is 6.07. The molecule has 1 N–H and O–H groups in total. The molecular formula is C22H24N4O3. The van der Waals surface area contributed by atoms with Crippen molar-refractivity contribution in [3.05, 3.63) is 48.4 Å². The van der Waals surface area contributed by atoms with E-state index in [1.165, 1.54) is 0 Å². The Morgan fingerprint density at radius 3 is 2.66 bits per heavy atom. The van der Waals surface area contributed by atoms with E-state index in [2.05, 4.69) is 9.97 Å². The third kappa shape index (κ3) is 3.44. The maximum absolute atomic E-state index is 13.1. The van der Waals surface area contributed by atoms with Gasteiger partial charge in [0, 0.05) is 42.1 Å². The Bertz CT molecular complexity index is 1100. The number of carbonyl (C=O) groups excluding carboxylic acids is 2. The van der Waals surface area contributed by atoms with Crippen molar-refractivity contribution < 1.29 is 14.3 Å². The van der Waals surface area contributed by atoms with Gasteiger partial charge in [-0.2, -0.15) is 0 Å². The highest BCUT2D eigenvalue weighted by Gasteiger charge is 2.32. The van der Waals surface area contributed by atoms with Gasteiger partial charge in [0.2, 0.25) is 0 Å². The number of benzene rings is 1. The zero-order chi connectivity index (χ0) is 20.8. The van der Waals surface area contributed by atoms with E-state index in [4.69, 9.17) is 4.74 Å². The minimum Gasteiger partial charge on any atom is -0.424 e. The number of urea groups is 1. The second-order valence-electron chi connectivity index (χ2n) is 8.27. The van der Waals surface area contributed by atoms with Gasteiger partial charge in [-0.15, -0.1) is 0 Å². The fourth-order valence-electron chi connectivity index (χ4n) is 3.33. The van der Waals surface area contributed by atoms with Crippen LogP contribution in [0.1, 0.15) is 26.3 Å². The Hall–Kier alpha value is -3.35. The van der Waals surface area contributed by atoms with Crippen molar-refractivity contribution in [3.63, 3.8) is 0 Å². The van der Waals surface area contributed by atoms with E-state index in [1.54, 1.807) is 28.4 Å². The molecule has 0 atom stereocenters. The predicted octanol–water partition coefficient (Wildman–Crippen LogP) is 4.27. The first-order valence-electron chi connectivity index (χ1n) is 9.59. The summed E-state index contributed by atoms with van der Waals surface area (Å²) in [5.41, 5.74) is 2.83. The van der Waals surface area contributed by atoms with Gasteiger partial charge in [-0.1, -0.05) is 0 Å². The molecule has 7 heteroatoms. The summed E-state index contributed by atoms with van der Waals surface area (Å²) in [5, 5.41) is 0.768. The summed E-state index contributed by atoms with van der Waals surface area (Å²) in [6.07, 6.45) is 5.11. The lowest BCUT2D eigenvalue weighted by Crippen LogP contribution is -2.32. The molecule has 3 heterocycles. The second-order valence-corrected chi connectivity index (χ2v) is 8.27. The lowest BCUT2D eigenvalue weighted by molar-refractivity contribution is -0.142. The number of pyridine rings is 1. The normalized spacial score (nSPS) is 14.7. The number of H-pyrrole nitrogens is 1. The molecule has 1 aliphatic rings. The van der Waals surface area contributed by atoms with Crippen LogP contribution in [0.4, 0.5) is 16.2 Å². The predicted molar refractivity (Wildman–Crippen MR) is 112 cm³/mol. The average Bonchev–Trinajstić information content (AvgIpc) is 3.25. The summed E-state index contributed by atoms with van der Waals surface area (Å²) >= 11 is 0. The zero-order valence-electron chi connectivity index (χ0n) is 17.0. The van der Waals surface area contributed by atoms with Crippen LogP contribution in [0.15, 0.2) is 42.9 Å². The van der Waals surface area contributed by atoms with E-state index in [0.29, 0.717) is 18.8 Å². The Morgan fingerprint density at radius 1 is 1.17 bits per heavy atom. The molecule has 150 valence electrons. The molecule has 3 aromatic rings. The van der Waals surface area contributed by atoms with Crippen LogP contribution >= 0.6 is 0 Å². The van der Waals surface area contributed by atoms with Gasteiger partial charge in [0.25, 0.3) is 0 Å². The van der Waals surface area contributed by atoms with Crippen molar-refractivity contribution >= 4 is 34.3 Å². The molecule has 0 spiro atoms. The maximum atomic E-state index is 13.1. The largest absolute Gasteiger partial charge is 0.424 e. The van der Waals surface area contributed by atoms with Crippen LogP contribution in [0.2, 0.25) is 0 Å². The van der Waals surface area contributed by atoms with Crippen molar-refractivity contribution in [1.82, 2.24) is 9.97 Å². The Kier molecular flexibility index (Phi) is 4.53. The number of hydrogen-bond donors (Lipinski definition) is 1. The number of rotatable bonds is 3. The van der Waals surface area contributed by atoms with Gasteiger partial charge in [0.15, 0.2) is 5.75 Å². The van der Waals surface area contributed by atoms with Crippen molar-refractivity contribution in [2.24, 2.45) is 5.41 Å². The van der Waals surface area contributed by atoms with Crippen molar-refractivity contribution in [1.29, 1.82) is 0 Å². The lowest BCUT2D eigenvalue weighted by atomic mass is 9.97. The number of aromatic nitrogens is 2. The number of fused-ring (bicyclic) bond motifs is 1. The van der Waals surface area contributed by atoms with Gasteiger partial charge in [-0.25, -0.2) is 4.79 Å². The highest BCUT2D eigenvalue weighted by atomic mass is 16.5. The monoisotopic (exact) mass is 392 g/mol.